The van der Waals surface area contributed by atoms with Crippen molar-refractivity contribution in [3.8, 4) is 0 Å². The van der Waals surface area contributed by atoms with Crippen LogP contribution in [0.2, 0.25) is 0 Å². The fourth-order valence-electron chi connectivity index (χ4n) is 3.15. The smallest absolute Gasteiger partial charge is 0.251 e. The van der Waals surface area contributed by atoms with Crippen LogP contribution in [0, 0.1) is 12.3 Å². The van der Waals surface area contributed by atoms with Gasteiger partial charge < -0.3 is 15.4 Å². The lowest BCUT2D eigenvalue weighted by Crippen LogP contribution is -2.47. The van der Waals surface area contributed by atoms with E-state index in [1.54, 1.807) is 26.2 Å². The molecule has 0 unspecified atom stereocenters. The molecule has 1 amide bonds. The number of sulfone groups is 1. The van der Waals surface area contributed by atoms with Crippen LogP contribution in [0.15, 0.2) is 23.1 Å². The fraction of sp³-hybridized carbons (Fsp3) is 0.588. The van der Waals surface area contributed by atoms with Crippen molar-refractivity contribution in [2.45, 2.75) is 24.7 Å². The molecule has 0 bridgehead atoms. The van der Waals surface area contributed by atoms with Crippen molar-refractivity contribution in [3.05, 3.63) is 29.3 Å². The zero-order valence-electron chi connectivity index (χ0n) is 14.5. The maximum Gasteiger partial charge on any atom is 0.251 e. The number of hydrogen-bond acceptors (Lipinski definition) is 5. The van der Waals surface area contributed by atoms with Gasteiger partial charge in [0, 0.05) is 30.9 Å². The Morgan fingerprint density at radius 1 is 1.33 bits per heavy atom. The predicted molar refractivity (Wildman–Crippen MR) is 93.0 cm³/mol. The molecule has 0 radical (unpaired) electrons. The molecule has 0 spiro atoms. The van der Waals surface area contributed by atoms with Gasteiger partial charge in [-0.1, -0.05) is 6.07 Å². The third-order valence-corrected chi connectivity index (χ3v) is 5.83. The third-order valence-electron chi connectivity index (χ3n) is 4.59. The molecule has 7 heteroatoms. The van der Waals surface area contributed by atoms with Crippen molar-refractivity contribution in [1.82, 2.24) is 10.6 Å². The zero-order valence-corrected chi connectivity index (χ0v) is 15.3. The second-order valence-corrected chi connectivity index (χ2v) is 8.60. The summed E-state index contributed by atoms with van der Waals surface area (Å²) in [5, 5.41) is 6.26. The van der Waals surface area contributed by atoms with E-state index in [0.717, 1.165) is 32.2 Å². The molecule has 1 heterocycles. The van der Waals surface area contributed by atoms with E-state index >= 15 is 0 Å². The van der Waals surface area contributed by atoms with E-state index in [1.807, 2.05) is 0 Å². The van der Waals surface area contributed by atoms with Crippen molar-refractivity contribution >= 4 is 15.7 Å². The van der Waals surface area contributed by atoms with Gasteiger partial charge in [0.2, 0.25) is 0 Å². The summed E-state index contributed by atoms with van der Waals surface area (Å²) in [5.41, 5.74) is 0.936. The standard InChI is InChI=1S/C17H26N2O4S/c1-13-4-5-14(10-15(13)24(3,21)22)16(20)19-11-17(12-23-2)6-8-18-9-7-17/h4-5,10,18H,6-9,11-12H2,1-3H3,(H,19,20). The zero-order chi connectivity index (χ0) is 17.8. The van der Waals surface area contributed by atoms with Gasteiger partial charge in [0.15, 0.2) is 9.84 Å². The summed E-state index contributed by atoms with van der Waals surface area (Å²) in [6, 6.07) is 4.77. The first-order valence-corrected chi connectivity index (χ1v) is 9.95. The Morgan fingerprint density at radius 3 is 2.58 bits per heavy atom. The number of carbonyl (C=O) groups is 1. The molecule has 1 fully saturated rings. The molecule has 2 rings (SSSR count). The molecule has 1 aliphatic heterocycles. The molecule has 134 valence electrons. The Morgan fingerprint density at radius 2 is 2.00 bits per heavy atom. The molecule has 24 heavy (non-hydrogen) atoms. The third kappa shape index (κ3) is 4.55. The predicted octanol–water partition coefficient (Wildman–Crippen LogP) is 1.14. The SMILES string of the molecule is COCC1(CNC(=O)c2ccc(C)c(S(C)(=O)=O)c2)CCNCC1. The summed E-state index contributed by atoms with van der Waals surface area (Å²) < 4.78 is 29.0. The minimum Gasteiger partial charge on any atom is -0.384 e. The van der Waals surface area contributed by atoms with Crippen LogP contribution in [0.1, 0.15) is 28.8 Å². The van der Waals surface area contributed by atoms with Crippen molar-refractivity contribution < 1.29 is 17.9 Å². The monoisotopic (exact) mass is 354 g/mol. The van der Waals surface area contributed by atoms with E-state index in [4.69, 9.17) is 4.74 Å². The lowest BCUT2D eigenvalue weighted by Gasteiger charge is -2.37. The Bertz CT molecular complexity index is 689. The van der Waals surface area contributed by atoms with E-state index in [-0.39, 0.29) is 16.2 Å². The second kappa shape index (κ2) is 7.63. The topological polar surface area (TPSA) is 84.5 Å². The molecule has 0 aliphatic carbocycles. The highest BCUT2D eigenvalue weighted by Crippen LogP contribution is 2.28. The first-order valence-electron chi connectivity index (χ1n) is 8.06. The van der Waals surface area contributed by atoms with Gasteiger partial charge in [-0.05, 0) is 50.6 Å². The number of aryl methyl sites for hydroxylation is 1. The number of benzene rings is 1. The lowest BCUT2D eigenvalue weighted by atomic mass is 9.79. The van der Waals surface area contributed by atoms with Crippen molar-refractivity contribution in [2.24, 2.45) is 5.41 Å². The van der Waals surface area contributed by atoms with Gasteiger partial charge in [-0.15, -0.1) is 0 Å². The minimum absolute atomic E-state index is 0.0694. The van der Waals surface area contributed by atoms with Crippen LogP contribution in [0.3, 0.4) is 0 Å². The van der Waals surface area contributed by atoms with E-state index in [9.17, 15) is 13.2 Å². The summed E-state index contributed by atoms with van der Waals surface area (Å²) in [7, 11) is -1.68. The van der Waals surface area contributed by atoms with Gasteiger partial charge in [-0.3, -0.25) is 4.79 Å². The quantitative estimate of drug-likeness (QED) is 0.800. The van der Waals surface area contributed by atoms with Crippen molar-refractivity contribution in [2.75, 3.05) is 39.6 Å². The molecule has 1 aliphatic rings. The first kappa shape index (κ1) is 18.9. The molecule has 6 nitrogen and oxygen atoms in total. The number of ether oxygens (including phenoxy) is 1. The molecule has 1 aromatic carbocycles. The van der Waals surface area contributed by atoms with Gasteiger partial charge in [0.25, 0.3) is 5.91 Å². The van der Waals surface area contributed by atoms with E-state index < -0.39 is 9.84 Å². The molecule has 0 saturated carbocycles. The number of hydrogen-bond donors (Lipinski definition) is 2. The summed E-state index contributed by atoms with van der Waals surface area (Å²) in [4.78, 5) is 12.7. The average molecular weight is 354 g/mol. The number of methoxy groups -OCH3 is 1. The molecule has 0 atom stereocenters. The first-order chi connectivity index (χ1) is 11.3. The largest absolute Gasteiger partial charge is 0.384 e. The molecule has 0 aromatic heterocycles. The van der Waals surface area contributed by atoms with E-state index in [0.29, 0.717) is 24.3 Å². The number of carbonyl (C=O) groups excluding carboxylic acids is 1. The van der Waals surface area contributed by atoms with Gasteiger partial charge in [-0.25, -0.2) is 8.42 Å². The average Bonchev–Trinajstić information content (AvgIpc) is 2.53. The fourth-order valence-corrected chi connectivity index (χ4v) is 4.14. The number of amides is 1. The van der Waals surface area contributed by atoms with E-state index in [1.165, 1.54) is 6.07 Å². The van der Waals surface area contributed by atoms with Gasteiger partial charge in [-0.2, -0.15) is 0 Å². The number of rotatable bonds is 6. The van der Waals surface area contributed by atoms with Crippen LogP contribution < -0.4 is 10.6 Å². The maximum atomic E-state index is 12.5. The molecule has 1 saturated heterocycles. The Hall–Kier alpha value is -1.44. The van der Waals surface area contributed by atoms with Gasteiger partial charge in [0.05, 0.1) is 11.5 Å². The van der Waals surface area contributed by atoms with Crippen LogP contribution >= 0.6 is 0 Å². The van der Waals surface area contributed by atoms with Crippen LogP contribution in [0.25, 0.3) is 0 Å². The Kier molecular flexibility index (Phi) is 6.01. The van der Waals surface area contributed by atoms with Crippen molar-refractivity contribution in [3.63, 3.8) is 0 Å². The van der Waals surface area contributed by atoms with Crippen molar-refractivity contribution in [1.29, 1.82) is 0 Å². The lowest BCUT2D eigenvalue weighted by molar-refractivity contribution is 0.0511. The molecular weight excluding hydrogens is 328 g/mol. The van der Waals surface area contributed by atoms with Crippen LogP contribution in [0.5, 0.6) is 0 Å². The van der Waals surface area contributed by atoms with Crippen LogP contribution in [-0.2, 0) is 14.6 Å². The molecule has 2 N–H and O–H groups in total. The normalized spacial score (nSPS) is 17.5. The van der Waals surface area contributed by atoms with E-state index in [2.05, 4.69) is 10.6 Å². The van der Waals surface area contributed by atoms with Crippen LogP contribution in [-0.4, -0.2) is 53.9 Å². The second-order valence-electron chi connectivity index (χ2n) is 6.62. The minimum atomic E-state index is -3.35. The number of nitrogens with one attached hydrogen (secondary N) is 2. The summed E-state index contributed by atoms with van der Waals surface area (Å²) in [5.74, 6) is -0.256. The van der Waals surface area contributed by atoms with Crippen LogP contribution in [0.4, 0.5) is 0 Å². The van der Waals surface area contributed by atoms with Gasteiger partial charge >= 0.3 is 0 Å². The Labute approximate surface area is 143 Å². The summed E-state index contributed by atoms with van der Waals surface area (Å²) in [6.45, 7) is 4.64. The summed E-state index contributed by atoms with van der Waals surface area (Å²) >= 11 is 0. The molecular formula is C17H26N2O4S. The Balaban J connectivity index is 2.12. The molecule has 1 aromatic rings. The van der Waals surface area contributed by atoms with Gasteiger partial charge in [0.1, 0.15) is 0 Å². The highest BCUT2D eigenvalue weighted by Gasteiger charge is 2.32. The highest BCUT2D eigenvalue weighted by molar-refractivity contribution is 7.90. The summed E-state index contributed by atoms with van der Waals surface area (Å²) in [6.07, 6.45) is 3.02. The highest BCUT2D eigenvalue weighted by atomic mass is 32.2. The number of piperidine rings is 1. The maximum absolute atomic E-state index is 12.5.